The maximum atomic E-state index is 12.2. The van der Waals surface area contributed by atoms with Crippen molar-refractivity contribution in [3.8, 4) is 0 Å². The zero-order chi connectivity index (χ0) is 16.1. The first-order valence-corrected chi connectivity index (χ1v) is 7.00. The average Bonchev–Trinajstić information content (AvgIpc) is 2.50. The van der Waals surface area contributed by atoms with Crippen LogP contribution in [0.4, 0.5) is 0 Å². The van der Waals surface area contributed by atoms with Gasteiger partial charge < -0.3 is 10.4 Å². The summed E-state index contributed by atoms with van der Waals surface area (Å²) in [4.78, 5) is 35.1. The third kappa shape index (κ3) is 3.49. The Hall–Kier alpha value is -2.70. The SMILES string of the molecule is CCCC(NC(=O)Cn1ncc2ccccc2c1=O)C(=O)O. The minimum Gasteiger partial charge on any atom is -0.480 e. The number of carboxylic acid groups (broad SMARTS) is 1. The lowest BCUT2D eigenvalue weighted by molar-refractivity contribution is -0.142. The number of aromatic nitrogens is 2. The van der Waals surface area contributed by atoms with Gasteiger partial charge in [0.15, 0.2) is 0 Å². The van der Waals surface area contributed by atoms with E-state index >= 15 is 0 Å². The van der Waals surface area contributed by atoms with Crippen molar-refractivity contribution in [1.82, 2.24) is 15.1 Å². The molecule has 0 saturated heterocycles. The van der Waals surface area contributed by atoms with Crippen LogP contribution in [0.5, 0.6) is 0 Å². The van der Waals surface area contributed by atoms with E-state index in [1.807, 2.05) is 6.92 Å². The molecular formula is C15H17N3O4. The molecular weight excluding hydrogens is 286 g/mol. The van der Waals surface area contributed by atoms with Gasteiger partial charge in [-0.1, -0.05) is 31.5 Å². The molecule has 2 rings (SSSR count). The largest absolute Gasteiger partial charge is 0.480 e. The van der Waals surface area contributed by atoms with Gasteiger partial charge in [-0.2, -0.15) is 5.10 Å². The molecule has 7 heteroatoms. The Labute approximate surface area is 126 Å². The molecule has 1 aromatic heterocycles. The van der Waals surface area contributed by atoms with Crippen molar-refractivity contribution in [2.45, 2.75) is 32.4 Å². The van der Waals surface area contributed by atoms with Gasteiger partial charge in [0.05, 0.1) is 11.6 Å². The van der Waals surface area contributed by atoms with E-state index < -0.39 is 17.9 Å². The van der Waals surface area contributed by atoms with Crippen LogP contribution in [0, 0.1) is 0 Å². The van der Waals surface area contributed by atoms with Crippen molar-refractivity contribution in [2.75, 3.05) is 0 Å². The maximum Gasteiger partial charge on any atom is 0.326 e. The fourth-order valence-corrected chi connectivity index (χ4v) is 2.16. The highest BCUT2D eigenvalue weighted by Crippen LogP contribution is 2.06. The number of fused-ring (bicyclic) bond motifs is 1. The Kier molecular flexibility index (Phi) is 4.88. The van der Waals surface area contributed by atoms with Crippen LogP contribution in [0.3, 0.4) is 0 Å². The van der Waals surface area contributed by atoms with E-state index in [9.17, 15) is 14.4 Å². The van der Waals surface area contributed by atoms with Gasteiger partial charge in [0.2, 0.25) is 5.91 Å². The van der Waals surface area contributed by atoms with E-state index in [0.29, 0.717) is 23.6 Å². The van der Waals surface area contributed by atoms with Crippen LogP contribution in [-0.2, 0) is 16.1 Å². The van der Waals surface area contributed by atoms with Crippen molar-refractivity contribution in [2.24, 2.45) is 0 Å². The minimum absolute atomic E-state index is 0.308. The number of amides is 1. The van der Waals surface area contributed by atoms with Crippen LogP contribution in [-0.4, -0.2) is 32.8 Å². The predicted molar refractivity (Wildman–Crippen MR) is 80.5 cm³/mol. The molecule has 0 radical (unpaired) electrons. The molecule has 0 bridgehead atoms. The van der Waals surface area contributed by atoms with E-state index in [-0.39, 0.29) is 12.1 Å². The number of nitrogens with zero attached hydrogens (tertiary/aromatic N) is 2. The van der Waals surface area contributed by atoms with Crippen molar-refractivity contribution < 1.29 is 14.7 Å². The van der Waals surface area contributed by atoms with Gasteiger partial charge in [0, 0.05) is 5.39 Å². The van der Waals surface area contributed by atoms with Crippen molar-refractivity contribution in [3.63, 3.8) is 0 Å². The first kappa shape index (κ1) is 15.7. The summed E-state index contributed by atoms with van der Waals surface area (Å²) in [5.74, 6) is -1.64. The summed E-state index contributed by atoms with van der Waals surface area (Å²) in [7, 11) is 0. The Morgan fingerprint density at radius 3 is 2.77 bits per heavy atom. The molecule has 0 fully saturated rings. The summed E-state index contributed by atoms with van der Waals surface area (Å²) in [6.45, 7) is 1.52. The monoisotopic (exact) mass is 303 g/mol. The highest BCUT2D eigenvalue weighted by Gasteiger charge is 2.19. The molecule has 1 aromatic carbocycles. The summed E-state index contributed by atoms with van der Waals surface area (Å²) in [5, 5.41) is 16.5. The standard InChI is InChI=1S/C15H17N3O4/c1-2-5-12(15(21)22)17-13(19)9-18-14(20)11-7-4-3-6-10(11)8-16-18/h3-4,6-8,12H,2,5,9H2,1H3,(H,17,19)(H,21,22). The molecule has 1 amide bonds. The Balaban J connectivity index is 2.16. The highest BCUT2D eigenvalue weighted by atomic mass is 16.4. The highest BCUT2D eigenvalue weighted by molar-refractivity contribution is 5.84. The van der Waals surface area contributed by atoms with Gasteiger partial charge in [-0.25, -0.2) is 9.48 Å². The van der Waals surface area contributed by atoms with Crippen LogP contribution in [0.25, 0.3) is 10.8 Å². The van der Waals surface area contributed by atoms with E-state index in [1.165, 1.54) is 6.20 Å². The summed E-state index contributed by atoms with van der Waals surface area (Å²) < 4.78 is 1.03. The number of hydrogen-bond donors (Lipinski definition) is 2. The molecule has 0 aliphatic heterocycles. The van der Waals surface area contributed by atoms with Crippen molar-refractivity contribution in [1.29, 1.82) is 0 Å². The molecule has 7 nitrogen and oxygen atoms in total. The van der Waals surface area contributed by atoms with Crippen molar-refractivity contribution in [3.05, 3.63) is 40.8 Å². The lowest BCUT2D eigenvalue weighted by atomic mass is 10.1. The predicted octanol–water partition coefficient (Wildman–Crippen LogP) is 0.766. The Morgan fingerprint density at radius 1 is 1.36 bits per heavy atom. The van der Waals surface area contributed by atoms with Crippen LogP contribution in [0.1, 0.15) is 19.8 Å². The second kappa shape index (κ2) is 6.84. The molecule has 1 heterocycles. The van der Waals surface area contributed by atoms with E-state index in [0.717, 1.165) is 4.68 Å². The second-order valence-electron chi connectivity index (χ2n) is 4.94. The Bertz CT molecular complexity index is 754. The smallest absolute Gasteiger partial charge is 0.326 e. The van der Waals surface area contributed by atoms with E-state index in [1.54, 1.807) is 24.3 Å². The van der Waals surface area contributed by atoms with Gasteiger partial charge in [-0.3, -0.25) is 9.59 Å². The second-order valence-corrected chi connectivity index (χ2v) is 4.94. The molecule has 116 valence electrons. The quantitative estimate of drug-likeness (QED) is 0.820. The van der Waals surface area contributed by atoms with Gasteiger partial charge in [-0.05, 0) is 12.5 Å². The number of nitrogens with one attached hydrogen (secondary N) is 1. The van der Waals surface area contributed by atoms with E-state index in [4.69, 9.17) is 5.11 Å². The third-order valence-corrected chi connectivity index (χ3v) is 3.27. The lowest BCUT2D eigenvalue weighted by Gasteiger charge is -2.13. The summed E-state index contributed by atoms with van der Waals surface area (Å²) in [5.41, 5.74) is -0.379. The number of carboxylic acids is 1. The summed E-state index contributed by atoms with van der Waals surface area (Å²) >= 11 is 0. The topological polar surface area (TPSA) is 101 Å². The fraction of sp³-hybridized carbons (Fsp3) is 0.333. The zero-order valence-corrected chi connectivity index (χ0v) is 12.2. The molecule has 0 aliphatic carbocycles. The van der Waals surface area contributed by atoms with Crippen LogP contribution in [0.2, 0.25) is 0 Å². The van der Waals surface area contributed by atoms with Crippen molar-refractivity contribution >= 4 is 22.6 Å². The summed E-state index contributed by atoms with van der Waals surface area (Å²) in [6.07, 6.45) is 2.47. The number of aliphatic carboxylic acids is 1. The first-order valence-electron chi connectivity index (χ1n) is 7.00. The fourth-order valence-electron chi connectivity index (χ4n) is 2.16. The van der Waals surface area contributed by atoms with Crippen LogP contribution < -0.4 is 10.9 Å². The molecule has 2 N–H and O–H groups in total. The molecule has 0 aliphatic rings. The molecule has 1 atom stereocenters. The third-order valence-electron chi connectivity index (χ3n) is 3.27. The van der Waals surface area contributed by atoms with Gasteiger partial charge in [-0.15, -0.1) is 0 Å². The Morgan fingerprint density at radius 2 is 2.09 bits per heavy atom. The van der Waals surface area contributed by atoms with Gasteiger partial charge in [0.25, 0.3) is 5.56 Å². The molecule has 1 unspecified atom stereocenters. The van der Waals surface area contributed by atoms with Crippen LogP contribution in [0.15, 0.2) is 35.3 Å². The number of carbonyl (C=O) groups excluding carboxylic acids is 1. The molecule has 0 saturated carbocycles. The average molecular weight is 303 g/mol. The summed E-state index contributed by atoms with van der Waals surface area (Å²) in [6, 6.07) is 5.99. The number of carbonyl (C=O) groups is 2. The minimum atomic E-state index is -1.09. The maximum absolute atomic E-state index is 12.2. The van der Waals surface area contributed by atoms with Gasteiger partial charge >= 0.3 is 5.97 Å². The lowest BCUT2D eigenvalue weighted by Crippen LogP contribution is -2.43. The first-order chi connectivity index (χ1) is 10.5. The number of hydrogen-bond acceptors (Lipinski definition) is 4. The number of benzene rings is 1. The molecule has 0 spiro atoms. The van der Waals surface area contributed by atoms with E-state index in [2.05, 4.69) is 10.4 Å². The normalized spacial score (nSPS) is 12.0. The van der Waals surface area contributed by atoms with Crippen LogP contribution >= 0.6 is 0 Å². The zero-order valence-electron chi connectivity index (χ0n) is 12.2. The molecule has 2 aromatic rings. The molecule has 22 heavy (non-hydrogen) atoms. The number of rotatable bonds is 6. The van der Waals surface area contributed by atoms with Gasteiger partial charge in [0.1, 0.15) is 12.6 Å².